The smallest absolute Gasteiger partial charge is 0.125 e. The molecule has 4 nitrogen and oxygen atoms in total. The Kier molecular flexibility index (Phi) is 4.06. The molecule has 0 radical (unpaired) electrons. The molecule has 0 aliphatic heterocycles. The van der Waals surface area contributed by atoms with Gasteiger partial charge in [0, 0.05) is 43.4 Å². The van der Waals surface area contributed by atoms with Crippen molar-refractivity contribution in [3.63, 3.8) is 0 Å². The van der Waals surface area contributed by atoms with E-state index in [1.807, 2.05) is 24.3 Å². The molecule has 0 aliphatic carbocycles. The molecule has 0 unspecified atom stereocenters. The van der Waals surface area contributed by atoms with Crippen molar-refractivity contribution in [2.75, 3.05) is 11.9 Å². The van der Waals surface area contributed by atoms with Crippen molar-refractivity contribution in [3.8, 4) is 0 Å². The summed E-state index contributed by atoms with van der Waals surface area (Å²) in [5, 5.41) is 4.37. The summed E-state index contributed by atoms with van der Waals surface area (Å²) >= 11 is 0. The highest BCUT2D eigenvalue weighted by molar-refractivity contribution is 5.90. The van der Waals surface area contributed by atoms with Crippen LogP contribution in [0.4, 0.5) is 10.1 Å². The van der Waals surface area contributed by atoms with Crippen LogP contribution in [-0.4, -0.2) is 21.1 Å². The first-order chi connectivity index (χ1) is 12.2. The number of halogens is 1. The highest BCUT2D eigenvalue weighted by atomic mass is 19.1. The van der Waals surface area contributed by atoms with Gasteiger partial charge in [0.15, 0.2) is 0 Å². The molecule has 2 aromatic carbocycles. The lowest BCUT2D eigenvalue weighted by Crippen LogP contribution is -2.06. The number of nitrogens with zero attached hydrogens (tertiary/aromatic N) is 3. The van der Waals surface area contributed by atoms with E-state index in [9.17, 15) is 4.39 Å². The lowest BCUT2D eigenvalue weighted by Gasteiger charge is -2.09. The summed E-state index contributed by atoms with van der Waals surface area (Å²) in [7, 11) is 2.06. The fourth-order valence-electron chi connectivity index (χ4n) is 3.16. The van der Waals surface area contributed by atoms with Gasteiger partial charge >= 0.3 is 0 Å². The van der Waals surface area contributed by atoms with Gasteiger partial charge in [0.1, 0.15) is 11.6 Å². The number of hydrogen-bond donors (Lipinski definition) is 1. The molecule has 2 heterocycles. The van der Waals surface area contributed by atoms with Crippen molar-refractivity contribution in [3.05, 3.63) is 66.4 Å². The highest BCUT2D eigenvalue weighted by Crippen LogP contribution is 2.22. The largest absolute Gasteiger partial charge is 0.384 e. The molecule has 0 saturated carbocycles. The minimum atomic E-state index is -0.265. The number of nitrogens with one attached hydrogen (secondary N) is 1. The number of rotatable bonds is 5. The molecule has 0 fully saturated rings. The van der Waals surface area contributed by atoms with Crippen molar-refractivity contribution in [2.24, 2.45) is 7.05 Å². The number of benzene rings is 2. The van der Waals surface area contributed by atoms with E-state index in [1.54, 1.807) is 12.3 Å². The molecule has 2 aromatic heterocycles. The number of para-hydroxylation sites is 2. The van der Waals surface area contributed by atoms with Gasteiger partial charge in [0.2, 0.25) is 0 Å². The number of aryl methyl sites for hydroxylation is 2. The van der Waals surface area contributed by atoms with E-state index >= 15 is 0 Å². The normalized spacial score (nSPS) is 11.3. The Hall–Kier alpha value is -2.95. The molecule has 0 amide bonds. The van der Waals surface area contributed by atoms with Crippen molar-refractivity contribution in [2.45, 2.75) is 12.8 Å². The monoisotopic (exact) mass is 334 g/mol. The second-order valence-corrected chi connectivity index (χ2v) is 6.13. The number of imidazole rings is 1. The van der Waals surface area contributed by atoms with Crippen LogP contribution in [0.25, 0.3) is 21.9 Å². The fourth-order valence-corrected chi connectivity index (χ4v) is 3.16. The van der Waals surface area contributed by atoms with Gasteiger partial charge in [-0.2, -0.15) is 0 Å². The van der Waals surface area contributed by atoms with Gasteiger partial charge in [-0.1, -0.05) is 12.1 Å². The van der Waals surface area contributed by atoms with Crippen molar-refractivity contribution < 1.29 is 4.39 Å². The van der Waals surface area contributed by atoms with E-state index in [4.69, 9.17) is 4.98 Å². The topological polar surface area (TPSA) is 42.7 Å². The van der Waals surface area contributed by atoms with Crippen LogP contribution in [0.3, 0.4) is 0 Å². The zero-order valence-electron chi connectivity index (χ0n) is 14.0. The SMILES string of the molecule is Cn1c(CCCNc2ccnc3cc(F)ccc23)nc2ccccc21. The summed E-state index contributed by atoms with van der Waals surface area (Å²) in [5.41, 5.74) is 3.85. The highest BCUT2D eigenvalue weighted by Gasteiger charge is 2.07. The van der Waals surface area contributed by atoms with E-state index < -0.39 is 0 Å². The molecule has 4 rings (SSSR count). The fraction of sp³-hybridized carbons (Fsp3) is 0.200. The molecule has 0 bridgehead atoms. The molecule has 0 saturated heterocycles. The molecule has 1 N–H and O–H groups in total. The Morgan fingerprint density at radius 2 is 1.96 bits per heavy atom. The van der Waals surface area contributed by atoms with Crippen LogP contribution in [0.1, 0.15) is 12.2 Å². The molecule has 0 aliphatic rings. The van der Waals surface area contributed by atoms with Crippen molar-refractivity contribution in [1.82, 2.24) is 14.5 Å². The second kappa shape index (κ2) is 6.51. The van der Waals surface area contributed by atoms with E-state index in [0.29, 0.717) is 5.52 Å². The Morgan fingerprint density at radius 3 is 2.84 bits per heavy atom. The lowest BCUT2D eigenvalue weighted by molar-refractivity contribution is 0.629. The maximum atomic E-state index is 13.3. The number of pyridine rings is 1. The van der Waals surface area contributed by atoms with Crippen molar-refractivity contribution >= 4 is 27.6 Å². The van der Waals surface area contributed by atoms with Crippen LogP contribution in [0.2, 0.25) is 0 Å². The van der Waals surface area contributed by atoms with Crippen LogP contribution in [0.15, 0.2) is 54.7 Å². The van der Waals surface area contributed by atoms with Crippen LogP contribution in [0, 0.1) is 5.82 Å². The molecular weight excluding hydrogens is 315 g/mol. The average molecular weight is 334 g/mol. The third-order valence-electron chi connectivity index (χ3n) is 4.48. The maximum absolute atomic E-state index is 13.3. The summed E-state index contributed by atoms with van der Waals surface area (Å²) < 4.78 is 15.5. The molecular formula is C20H19FN4. The van der Waals surface area contributed by atoms with Gasteiger partial charge in [-0.3, -0.25) is 4.98 Å². The van der Waals surface area contributed by atoms with Crippen molar-refractivity contribution in [1.29, 1.82) is 0 Å². The maximum Gasteiger partial charge on any atom is 0.125 e. The second-order valence-electron chi connectivity index (χ2n) is 6.13. The van der Waals surface area contributed by atoms with Gasteiger partial charge in [-0.05, 0) is 36.8 Å². The van der Waals surface area contributed by atoms with E-state index in [0.717, 1.165) is 47.3 Å². The van der Waals surface area contributed by atoms with E-state index in [1.165, 1.54) is 12.1 Å². The summed E-state index contributed by atoms with van der Waals surface area (Å²) in [4.78, 5) is 8.92. The van der Waals surface area contributed by atoms with Gasteiger partial charge in [0.25, 0.3) is 0 Å². The number of fused-ring (bicyclic) bond motifs is 2. The summed E-state index contributed by atoms with van der Waals surface area (Å²) in [6.07, 6.45) is 3.56. The Labute approximate surface area is 145 Å². The first-order valence-electron chi connectivity index (χ1n) is 8.41. The molecule has 0 spiro atoms. The number of hydrogen-bond acceptors (Lipinski definition) is 3. The summed E-state index contributed by atoms with van der Waals surface area (Å²) in [6.45, 7) is 0.819. The van der Waals surface area contributed by atoms with Gasteiger partial charge in [-0.25, -0.2) is 9.37 Å². The zero-order chi connectivity index (χ0) is 17.2. The predicted octanol–water partition coefficient (Wildman–Crippen LogP) is 4.31. The van der Waals surface area contributed by atoms with Crippen LogP contribution < -0.4 is 5.32 Å². The first-order valence-corrected chi connectivity index (χ1v) is 8.41. The first kappa shape index (κ1) is 15.6. The number of anilines is 1. The molecule has 0 atom stereocenters. The average Bonchev–Trinajstić information content (AvgIpc) is 2.95. The predicted molar refractivity (Wildman–Crippen MR) is 99.2 cm³/mol. The van der Waals surface area contributed by atoms with Gasteiger partial charge in [-0.15, -0.1) is 0 Å². The third-order valence-corrected chi connectivity index (χ3v) is 4.48. The van der Waals surface area contributed by atoms with E-state index in [-0.39, 0.29) is 5.82 Å². The van der Waals surface area contributed by atoms with Crippen LogP contribution >= 0.6 is 0 Å². The van der Waals surface area contributed by atoms with Crippen LogP contribution in [-0.2, 0) is 13.5 Å². The molecule has 5 heteroatoms. The van der Waals surface area contributed by atoms with Gasteiger partial charge in [0.05, 0.1) is 16.6 Å². The minimum absolute atomic E-state index is 0.265. The molecule has 25 heavy (non-hydrogen) atoms. The zero-order valence-corrected chi connectivity index (χ0v) is 14.0. The molecule has 126 valence electrons. The minimum Gasteiger partial charge on any atom is -0.384 e. The summed E-state index contributed by atoms with van der Waals surface area (Å²) in [6, 6.07) is 14.8. The Bertz CT molecular complexity index is 1040. The standard InChI is InChI=1S/C20H19FN4/c1-25-19-6-3-2-5-17(19)24-20(25)7-4-11-22-16-10-12-23-18-13-14(21)8-9-15(16)18/h2-3,5-6,8-10,12-13H,4,7,11H2,1H3,(H,22,23). The number of aromatic nitrogens is 3. The van der Waals surface area contributed by atoms with E-state index in [2.05, 4.69) is 28.0 Å². The molecule has 4 aromatic rings. The van der Waals surface area contributed by atoms with Gasteiger partial charge < -0.3 is 9.88 Å². The Balaban J connectivity index is 1.43. The Morgan fingerprint density at radius 1 is 1.08 bits per heavy atom. The third kappa shape index (κ3) is 3.05. The summed E-state index contributed by atoms with van der Waals surface area (Å²) in [5.74, 6) is 0.823. The van der Waals surface area contributed by atoms with Crippen LogP contribution in [0.5, 0.6) is 0 Å². The quantitative estimate of drug-likeness (QED) is 0.553. The lowest BCUT2D eigenvalue weighted by atomic mass is 10.2.